The number of aliphatic hydroxyl groups excluding tert-OH is 3. The molecule has 1 aliphatic rings. The molecule has 2 aromatic carbocycles. The van der Waals surface area contributed by atoms with E-state index in [0.29, 0.717) is 5.56 Å². The zero-order valence-corrected chi connectivity index (χ0v) is 15.3. The van der Waals surface area contributed by atoms with Crippen molar-refractivity contribution in [1.29, 1.82) is 0 Å². The van der Waals surface area contributed by atoms with Gasteiger partial charge in [0.05, 0.1) is 6.61 Å². The molecule has 1 fully saturated rings. The Labute approximate surface area is 168 Å². The van der Waals surface area contributed by atoms with Gasteiger partial charge in [0.2, 0.25) is 6.29 Å². The number of aliphatic hydroxyl groups is 3. The zero-order valence-electron chi connectivity index (χ0n) is 15.3. The molecule has 158 valence electrons. The first-order valence-corrected chi connectivity index (χ1v) is 8.91. The summed E-state index contributed by atoms with van der Waals surface area (Å²) < 4.78 is 16.4. The van der Waals surface area contributed by atoms with Crippen LogP contribution in [0, 0.1) is 0 Å². The van der Waals surface area contributed by atoms with Crippen LogP contribution in [0.2, 0.25) is 0 Å². The smallest absolute Gasteiger partial charge is 0.229 e. The highest BCUT2D eigenvalue weighted by atomic mass is 16.7. The van der Waals surface area contributed by atoms with E-state index in [-0.39, 0.29) is 28.2 Å². The van der Waals surface area contributed by atoms with Crippen LogP contribution >= 0.6 is 0 Å². The van der Waals surface area contributed by atoms with Crippen LogP contribution in [0.25, 0.3) is 22.3 Å². The molecule has 2 heterocycles. The van der Waals surface area contributed by atoms with Crippen molar-refractivity contribution in [3.05, 3.63) is 46.6 Å². The van der Waals surface area contributed by atoms with Gasteiger partial charge in [0.15, 0.2) is 16.9 Å². The molecular formula is C20H18O10. The fourth-order valence-corrected chi connectivity index (χ4v) is 3.23. The summed E-state index contributed by atoms with van der Waals surface area (Å²) in [5, 5.41) is 58.2. The van der Waals surface area contributed by atoms with Crippen molar-refractivity contribution in [3.8, 4) is 34.3 Å². The van der Waals surface area contributed by atoms with Gasteiger partial charge < -0.3 is 44.5 Å². The molecule has 4 atom stereocenters. The molecule has 30 heavy (non-hydrogen) atoms. The predicted octanol–water partition coefficient (Wildman–Crippen LogP) is 0.395. The van der Waals surface area contributed by atoms with Crippen LogP contribution < -0.4 is 10.2 Å². The number of benzene rings is 2. The van der Waals surface area contributed by atoms with Crippen LogP contribution in [0.4, 0.5) is 0 Å². The van der Waals surface area contributed by atoms with E-state index in [1.807, 2.05) is 0 Å². The molecule has 10 nitrogen and oxygen atoms in total. The van der Waals surface area contributed by atoms with Gasteiger partial charge in [-0.05, 0) is 18.2 Å². The van der Waals surface area contributed by atoms with E-state index in [9.17, 15) is 30.3 Å². The number of phenols is 3. The van der Waals surface area contributed by atoms with E-state index in [0.717, 1.165) is 12.1 Å². The molecule has 0 aliphatic carbocycles. The maximum atomic E-state index is 12.5. The molecule has 0 saturated carbocycles. The first-order chi connectivity index (χ1) is 14.3. The van der Waals surface area contributed by atoms with Crippen LogP contribution in [0.15, 0.2) is 45.6 Å². The third-order valence-electron chi connectivity index (χ3n) is 4.79. The first-order valence-electron chi connectivity index (χ1n) is 8.91. The molecule has 3 aromatic rings. The second-order valence-corrected chi connectivity index (χ2v) is 6.82. The Morgan fingerprint density at radius 2 is 1.70 bits per heavy atom. The molecule has 10 heteroatoms. The summed E-state index contributed by atoms with van der Waals surface area (Å²) in [6.45, 7) is -0.529. The lowest BCUT2D eigenvalue weighted by atomic mass is 10.1. The van der Waals surface area contributed by atoms with E-state index < -0.39 is 48.1 Å². The van der Waals surface area contributed by atoms with Gasteiger partial charge in [0.1, 0.15) is 46.5 Å². The van der Waals surface area contributed by atoms with Crippen LogP contribution in [0.1, 0.15) is 0 Å². The second kappa shape index (κ2) is 7.50. The monoisotopic (exact) mass is 418 g/mol. The standard InChI is InChI=1S/C20H18O10/c21-7-16-18(26)19(27)20(30-16)28-9-4-12(24)17-13(25)6-14(29-15(17)5-9)8-1-2-10(22)11(23)3-8/h1-6,16,18-24,26-27H,7H2. The van der Waals surface area contributed by atoms with E-state index in [4.69, 9.17) is 19.0 Å². The van der Waals surface area contributed by atoms with Crippen molar-refractivity contribution in [1.82, 2.24) is 0 Å². The Kier molecular flexibility index (Phi) is 5.00. The highest BCUT2D eigenvalue weighted by Crippen LogP contribution is 2.35. The summed E-state index contributed by atoms with van der Waals surface area (Å²) in [4.78, 5) is 12.5. The minimum atomic E-state index is -1.45. The summed E-state index contributed by atoms with van der Waals surface area (Å²) in [6.07, 6.45) is -5.16. The van der Waals surface area contributed by atoms with E-state index >= 15 is 0 Å². The third-order valence-corrected chi connectivity index (χ3v) is 4.79. The van der Waals surface area contributed by atoms with Gasteiger partial charge in [-0.25, -0.2) is 0 Å². The minimum absolute atomic E-state index is 0.0244. The van der Waals surface area contributed by atoms with Crippen molar-refractivity contribution >= 4 is 11.0 Å². The normalized spacial score (nSPS) is 23.7. The predicted molar refractivity (Wildman–Crippen MR) is 101 cm³/mol. The number of rotatable bonds is 4. The van der Waals surface area contributed by atoms with Crippen molar-refractivity contribution in [2.75, 3.05) is 6.61 Å². The fourth-order valence-electron chi connectivity index (χ4n) is 3.23. The maximum absolute atomic E-state index is 12.5. The number of ether oxygens (including phenoxy) is 2. The fraction of sp³-hybridized carbons (Fsp3) is 0.250. The van der Waals surface area contributed by atoms with Gasteiger partial charge in [0.25, 0.3) is 0 Å². The summed E-state index contributed by atoms with van der Waals surface area (Å²) in [5.41, 5.74) is -0.304. The Hall–Kier alpha value is -3.31. The van der Waals surface area contributed by atoms with Crippen molar-refractivity contribution < 1.29 is 44.5 Å². The molecule has 1 saturated heterocycles. The number of hydrogen-bond acceptors (Lipinski definition) is 10. The molecular weight excluding hydrogens is 400 g/mol. The molecule has 4 unspecified atom stereocenters. The van der Waals surface area contributed by atoms with Crippen LogP contribution in [-0.2, 0) is 4.74 Å². The summed E-state index contributed by atoms with van der Waals surface area (Å²) in [6, 6.07) is 7.40. The van der Waals surface area contributed by atoms with E-state index in [1.54, 1.807) is 0 Å². The Balaban J connectivity index is 1.73. The van der Waals surface area contributed by atoms with E-state index in [2.05, 4.69) is 0 Å². The Morgan fingerprint density at radius 1 is 0.933 bits per heavy atom. The van der Waals surface area contributed by atoms with Crippen LogP contribution in [0.3, 0.4) is 0 Å². The molecule has 0 spiro atoms. The second-order valence-electron chi connectivity index (χ2n) is 6.82. The van der Waals surface area contributed by atoms with Crippen LogP contribution in [0.5, 0.6) is 23.0 Å². The van der Waals surface area contributed by atoms with Gasteiger partial charge in [-0.3, -0.25) is 4.79 Å². The highest BCUT2D eigenvalue weighted by Gasteiger charge is 2.44. The molecule has 0 radical (unpaired) electrons. The molecule has 1 aromatic heterocycles. The van der Waals surface area contributed by atoms with Crippen LogP contribution in [-0.4, -0.2) is 61.8 Å². The average Bonchev–Trinajstić information content (AvgIpc) is 2.97. The highest BCUT2D eigenvalue weighted by molar-refractivity contribution is 5.86. The summed E-state index contributed by atoms with van der Waals surface area (Å²) in [7, 11) is 0. The molecule has 6 N–H and O–H groups in total. The largest absolute Gasteiger partial charge is 0.507 e. The van der Waals surface area contributed by atoms with Gasteiger partial charge in [-0.2, -0.15) is 0 Å². The Bertz CT molecular complexity index is 1150. The number of aromatic hydroxyl groups is 3. The SMILES string of the molecule is O=c1cc(-c2ccc(O)c(O)c2)oc2cc(OC3OC(CO)C(O)C3O)cc(O)c12. The van der Waals surface area contributed by atoms with Gasteiger partial charge in [0, 0.05) is 23.8 Å². The summed E-state index contributed by atoms with van der Waals surface area (Å²) >= 11 is 0. The lowest BCUT2D eigenvalue weighted by molar-refractivity contribution is -0.116. The third kappa shape index (κ3) is 3.42. The lowest BCUT2D eigenvalue weighted by Crippen LogP contribution is -2.35. The molecule has 0 amide bonds. The van der Waals surface area contributed by atoms with Crippen molar-refractivity contribution in [2.45, 2.75) is 24.6 Å². The number of fused-ring (bicyclic) bond motifs is 1. The Morgan fingerprint density at radius 3 is 2.37 bits per heavy atom. The number of phenolic OH excluding ortho intramolecular Hbond substituents is 3. The van der Waals surface area contributed by atoms with Gasteiger partial charge in [-0.1, -0.05) is 0 Å². The summed E-state index contributed by atoms with van der Waals surface area (Å²) in [5.74, 6) is -1.15. The van der Waals surface area contributed by atoms with Gasteiger partial charge >= 0.3 is 0 Å². The minimum Gasteiger partial charge on any atom is -0.507 e. The topological polar surface area (TPSA) is 170 Å². The molecule has 0 bridgehead atoms. The molecule has 4 rings (SSSR count). The quantitative estimate of drug-likeness (QED) is 0.326. The first kappa shape index (κ1) is 20.0. The number of hydrogen-bond donors (Lipinski definition) is 6. The molecule has 1 aliphatic heterocycles. The van der Waals surface area contributed by atoms with E-state index in [1.165, 1.54) is 24.3 Å². The van der Waals surface area contributed by atoms with Crippen molar-refractivity contribution in [3.63, 3.8) is 0 Å². The maximum Gasteiger partial charge on any atom is 0.229 e. The average molecular weight is 418 g/mol. The zero-order chi connectivity index (χ0) is 21.6. The lowest BCUT2D eigenvalue weighted by Gasteiger charge is -2.17. The van der Waals surface area contributed by atoms with Gasteiger partial charge in [-0.15, -0.1) is 0 Å². The van der Waals surface area contributed by atoms with Crippen molar-refractivity contribution in [2.24, 2.45) is 0 Å².